The topological polar surface area (TPSA) is 26.3 Å². The molecule has 0 aliphatic carbocycles. The first kappa shape index (κ1) is 22.7. The Morgan fingerprint density at radius 2 is 1.22 bits per heavy atom. The molecule has 5 heteroatoms. The van der Waals surface area contributed by atoms with E-state index in [1.165, 1.54) is 23.0 Å². The van der Waals surface area contributed by atoms with Crippen molar-refractivity contribution in [1.82, 2.24) is 0 Å². The molecule has 162 valence electrons. The van der Waals surface area contributed by atoms with Crippen LogP contribution in [-0.2, 0) is 10.9 Å². The van der Waals surface area contributed by atoms with Crippen LogP contribution in [0.4, 0.5) is 0 Å². The maximum atomic E-state index is 12.0. The molecule has 0 aromatic heterocycles. The number of esters is 1. The number of carbonyl (C=O) groups excluding carboxylic acids is 1. The van der Waals surface area contributed by atoms with Gasteiger partial charge in [-0.1, -0.05) is 0 Å². The third-order valence-corrected chi connectivity index (χ3v) is 15.7. The molecule has 0 saturated carbocycles. The molecule has 0 saturated heterocycles. The van der Waals surface area contributed by atoms with Gasteiger partial charge in [0.05, 0.1) is 0 Å². The summed E-state index contributed by atoms with van der Waals surface area (Å²) in [7, 11) is 1.37. The molecule has 0 amide bonds. The summed E-state index contributed by atoms with van der Waals surface area (Å²) in [6.45, 7) is 0. The normalized spacial score (nSPS) is 12.5. The van der Waals surface area contributed by atoms with E-state index in [0.29, 0.717) is 16.7 Å². The van der Waals surface area contributed by atoms with E-state index in [1.54, 1.807) is 12.1 Å². The fraction of sp³-hybridized carbons (Fsp3) is 0.0741. The van der Waals surface area contributed by atoms with Crippen molar-refractivity contribution in [2.24, 2.45) is 0 Å². The Balaban J connectivity index is 2.02. The quantitative estimate of drug-likeness (QED) is 0.213. The molecule has 0 fully saturated rings. The van der Waals surface area contributed by atoms with Gasteiger partial charge in [0.25, 0.3) is 0 Å². The number of rotatable bonds is 6. The van der Waals surface area contributed by atoms with Gasteiger partial charge in [0.1, 0.15) is 0 Å². The van der Waals surface area contributed by atoms with Crippen LogP contribution in [0.1, 0.15) is 15.9 Å². The van der Waals surface area contributed by atoms with Crippen LogP contribution < -0.4 is 15.9 Å². The van der Waals surface area contributed by atoms with Crippen LogP contribution in [0.3, 0.4) is 0 Å². The molecular weight excluding hydrogens is 503 g/mol. The second-order valence-corrected chi connectivity index (χ2v) is 17.0. The molecule has 0 radical (unpaired) electrons. The van der Waals surface area contributed by atoms with E-state index in [2.05, 4.69) is 88.3 Å². The minimum absolute atomic E-state index is 0.399. The van der Waals surface area contributed by atoms with Crippen LogP contribution in [-0.4, -0.2) is 13.1 Å². The predicted molar refractivity (Wildman–Crippen MR) is 141 cm³/mol. The molecule has 0 bridgehead atoms. The van der Waals surface area contributed by atoms with Crippen molar-refractivity contribution >= 4 is 54.3 Å². The molecule has 0 atom stereocenters. The first-order chi connectivity index (χ1) is 15.5. The maximum absolute atomic E-state index is 12.0. The van der Waals surface area contributed by atoms with Crippen molar-refractivity contribution in [1.29, 1.82) is 0 Å². The average Bonchev–Trinajstić information content (AvgIpc) is 2.86. The molecule has 4 aromatic rings. The third-order valence-electron chi connectivity index (χ3n) is 5.83. The monoisotopic (exact) mass is 524 g/mol. The summed E-state index contributed by atoms with van der Waals surface area (Å²) in [5.41, 5.74) is 1.40. The number of halogens is 2. The fourth-order valence-corrected chi connectivity index (χ4v) is 12.2. The van der Waals surface area contributed by atoms with Crippen molar-refractivity contribution in [2.75, 3.05) is 7.11 Å². The second kappa shape index (κ2) is 9.19. The summed E-state index contributed by atoms with van der Waals surface area (Å²) in [5.74, 6) is -0.399. The van der Waals surface area contributed by atoms with Gasteiger partial charge in [0, 0.05) is 0 Å². The predicted octanol–water partition coefficient (Wildman–Crippen LogP) is 6.47. The van der Waals surface area contributed by atoms with E-state index < -0.39 is 11.3 Å². The summed E-state index contributed by atoms with van der Waals surface area (Å²) in [4.78, 5) is 12.0. The van der Waals surface area contributed by atoms with Gasteiger partial charge in [-0.05, 0) is 0 Å². The summed E-state index contributed by atoms with van der Waals surface area (Å²) >= 11 is 11.2. The van der Waals surface area contributed by atoms with Gasteiger partial charge in [-0.3, -0.25) is 0 Å². The number of hydrogen-bond acceptors (Lipinski definition) is 2. The van der Waals surface area contributed by atoms with E-state index in [4.69, 9.17) is 16.3 Å². The SMILES string of the molecule is COC(=O)c1ccc(CP(Br)(c2ccccc2)(c2ccccc2)c2ccccc2)c(Cl)c1. The number of hydrogen-bond donors (Lipinski definition) is 0. The van der Waals surface area contributed by atoms with Gasteiger partial charge < -0.3 is 0 Å². The molecule has 0 spiro atoms. The molecule has 0 heterocycles. The van der Waals surface area contributed by atoms with Crippen LogP contribution >= 0.6 is 32.4 Å². The Kier molecular flexibility index (Phi) is 6.53. The zero-order chi connectivity index (χ0) is 22.6. The molecule has 32 heavy (non-hydrogen) atoms. The van der Waals surface area contributed by atoms with Gasteiger partial charge >= 0.3 is 202 Å². The average molecular weight is 526 g/mol. The Labute approximate surface area is 201 Å². The minimum atomic E-state index is -3.16. The number of methoxy groups -OCH3 is 1. The Morgan fingerprint density at radius 3 is 1.59 bits per heavy atom. The van der Waals surface area contributed by atoms with Crippen molar-refractivity contribution < 1.29 is 9.53 Å². The molecule has 2 nitrogen and oxygen atoms in total. The second-order valence-electron chi connectivity index (χ2n) is 7.65. The molecule has 0 N–H and O–H groups in total. The fourth-order valence-electron chi connectivity index (χ4n) is 4.18. The van der Waals surface area contributed by atoms with Gasteiger partial charge in [0.2, 0.25) is 0 Å². The van der Waals surface area contributed by atoms with Gasteiger partial charge in [-0.25, -0.2) is 0 Å². The van der Waals surface area contributed by atoms with Crippen molar-refractivity contribution in [3.8, 4) is 0 Å². The van der Waals surface area contributed by atoms with E-state index in [9.17, 15) is 4.79 Å². The van der Waals surface area contributed by atoms with E-state index in [1.807, 2.05) is 24.3 Å². The molecule has 0 aliphatic rings. The molecular formula is C27H23BrClO2P. The number of benzene rings is 4. The number of ether oxygens (including phenoxy) is 1. The van der Waals surface area contributed by atoms with Crippen LogP contribution in [0.2, 0.25) is 5.02 Å². The van der Waals surface area contributed by atoms with E-state index in [-0.39, 0.29) is 0 Å². The summed E-state index contributed by atoms with van der Waals surface area (Å²) in [6, 6.07) is 37.1. The molecule has 4 rings (SSSR count). The molecule has 4 aromatic carbocycles. The van der Waals surface area contributed by atoms with Gasteiger partial charge in [0.15, 0.2) is 0 Å². The van der Waals surface area contributed by atoms with Gasteiger partial charge in [-0.2, -0.15) is 0 Å². The van der Waals surface area contributed by atoms with Crippen LogP contribution in [0.25, 0.3) is 0 Å². The Hall–Kier alpha value is -2.45. The first-order valence-corrected chi connectivity index (χ1v) is 15.1. The van der Waals surface area contributed by atoms with E-state index >= 15 is 0 Å². The third kappa shape index (κ3) is 3.90. The molecule has 0 aliphatic heterocycles. The zero-order valence-electron chi connectivity index (χ0n) is 17.6. The standard InChI is InChI=1S/C27H23BrClO2P/c1-31-27(30)21-17-18-22(26(29)19-21)20-32(28,23-11-5-2-6-12-23,24-13-7-3-8-14-24)25-15-9-4-10-16-25/h2-19H,20H2,1H3. The van der Waals surface area contributed by atoms with Crippen LogP contribution in [0, 0.1) is 0 Å². The van der Waals surface area contributed by atoms with Crippen LogP contribution in [0.5, 0.6) is 0 Å². The van der Waals surface area contributed by atoms with E-state index in [0.717, 1.165) is 5.56 Å². The number of carbonyl (C=O) groups is 1. The molecule has 0 unspecified atom stereocenters. The Morgan fingerprint density at radius 1 is 0.781 bits per heavy atom. The van der Waals surface area contributed by atoms with Crippen LogP contribution in [0.15, 0.2) is 109 Å². The van der Waals surface area contributed by atoms with Crippen molar-refractivity contribution in [2.45, 2.75) is 6.16 Å². The summed E-state index contributed by atoms with van der Waals surface area (Å²) < 4.78 is 4.86. The zero-order valence-corrected chi connectivity index (χ0v) is 20.9. The van der Waals surface area contributed by atoms with Gasteiger partial charge in [-0.15, -0.1) is 0 Å². The van der Waals surface area contributed by atoms with Crippen molar-refractivity contribution in [3.05, 3.63) is 125 Å². The van der Waals surface area contributed by atoms with Crippen molar-refractivity contribution in [3.63, 3.8) is 0 Å². The summed E-state index contributed by atoms with van der Waals surface area (Å²) in [5, 5.41) is 1.03. The Bertz CT molecular complexity index is 1130. The first-order valence-electron chi connectivity index (χ1n) is 10.2. The summed E-state index contributed by atoms with van der Waals surface area (Å²) in [6.07, 6.45) is 0.657.